The fraction of sp³-hybridized carbons (Fsp3) is 0.364. The van der Waals surface area contributed by atoms with Gasteiger partial charge in [0, 0.05) is 23.9 Å². The maximum atomic E-state index is 11.9. The lowest BCUT2D eigenvalue weighted by Crippen LogP contribution is -2.06. The van der Waals surface area contributed by atoms with Gasteiger partial charge in [0.05, 0.1) is 30.8 Å². The summed E-state index contributed by atoms with van der Waals surface area (Å²) in [5, 5.41) is 14.2. The molecule has 0 aliphatic rings. The van der Waals surface area contributed by atoms with E-state index in [0.717, 1.165) is 6.07 Å². The molecule has 0 heterocycles. The first-order valence-electron chi connectivity index (χ1n) is 5.49. The second-order valence-electron chi connectivity index (χ2n) is 3.61. The molecule has 106 valence electrons. The number of methoxy groups -OCH3 is 2. The molecule has 0 unspecified atom stereocenters. The van der Waals surface area contributed by atoms with Crippen molar-refractivity contribution < 1.29 is 19.2 Å². The average Bonchev–Trinajstić information content (AvgIpc) is 2.45. The number of ether oxygens (including phenoxy) is 2. The zero-order chi connectivity index (χ0) is 15.1. The van der Waals surface area contributed by atoms with E-state index in [1.165, 1.54) is 20.3 Å². The smallest absolute Gasteiger partial charge is 0.284 e. The van der Waals surface area contributed by atoms with Crippen LogP contribution in [0.4, 0.5) is 5.69 Å². The van der Waals surface area contributed by atoms with Crippen molar-refractivity contribution in [1.82, 2.24) is 0 Å². The van der Waals surface area contributed by atoms with Gasteiger partial charge in [-0.05, 0) is 5.53 Å². The molecule has 0 radical (unpaired) electrons. The molecular formula is C11H12N4O5. The Labute approximate surface area is 113 Å². The first-order chi connectivity index (χ1) is 9.54. The summed E-state index contributed by atoms with van der Waals surface area (Å²) in [6, 6.07) is 2.37. The van der Waals surface area contributed by atoms with Gasteiger partial charge in [0.2, 0.25) is 0 Å². The number of carbonyl (C=O) groups excluding carboxylic acids is 1. The molecule has 9 nitrogen and oxygen atoms in total. The van der Waals surface area contributed by atoms with Gasteiger partial charge in [-0.15, -0.1) is 0 Å². The van der Waals surface area contributed by atoms with E-state index in [0.29, 0.717) is 0 Å². The normalized spacial score (nSPS) is 9.50. The fourth-order valence-corrected chi connectivity index (χ4v) is 1.57. The highest BCUT2D eigenvalue weighted by Gasteiger charge is 2.23. The summed E-state index contributed by atoms with van der Waals surface area (Å²) in [5.41, 5.74) is 7.65. The van der Waals surface area contributed by atoms with Gasteiger partial charge in [0.1, 0.15) is 0 Å². The van der Waals surface area contributed by atoms with Crippen molar-refractivity contribution in [1.29, 1.82) is 0 Å². The topological polar surface area (TPSA) is 127 Å². The van der Waals surface area contributed by atoms with Crippen LogP contribution in [-0.4, -0.2) is 31.5 Å². The fourth-order valence-electron chi connectivity index (χ4n) is 1.57. The summed E-state index contributed by atoms with van der Waals surface area (Å²) in [7, 11) is 2.70. The summed E-state index contributed by atoms with van der Waals surface area (Å²) in [4.78, 5) is 24.8. The number of nitro benzene ring substituents is 1. The van der Waals surface area contributed by atoms with E-state index < -0.39 is 10.7 Å². The van der Waals surface area contributed by atoms with Gasteiger partial charge in [-0.25, -0.2) is 0 Å². The minimum atomic E-state index is -0.678. The molecule has 0 aromatic heterocycles. The largest absolute Gasteiger partial charge is 0.493 e. The molecule has 0 fully saturated rings. The van der Waals surface area contributed by atoms with E-state index in [9.17, 15) is 14.9 Å². The van der Waals surface area contributed by atoms with Crippen LogP contribution >= 0.6 is 0 Å². The Morgan fingerprint density at radius 2 is 2.00 bits per heavy atom. The van der Waals surface area contributed by atoms with Gasteiger partial charge < -0.3 is 9.47 Å². The Morgan fingerprint density at radius 3 is 2.50 bits per heavy atom. The molecular weight excluding hydrogens is 268 g/mol. The molecule has 0 spiro atoms. The Bertz CT molecular complexity index is 580. The molecule has 9 heteroatoms. The highest BCUT2D eigenvalue weighted by molar-refractivity contribution is 6.00. The maximum absolute atomic E-state index is 11.9. The van der Waals surface area contributed by atoms with E-state index in [1.54, 1.807) is 0 Å². The quantitative estimate of drug-likeness (QED) is 0.189. The van der Waals surface area contributed by atoms with Crippen LogP contribution in [-0.2, 0) is 0 Å². The monoisotopic (exact) mass is 280 g/mol. The van der Waals surface area contributed by atoms with Gasteiger partial charge >= 0.3 is 0 Å². The summed E-state index contributed by atoms with van der Waals surface area (Å²) in [6.07, 6.45) is -0.125. The molecule has 0 saturated heterocycles. The number of carbonyl (C=O) groups is 1. The van der Waals surface area contributed by atoms with Gasteiger partial charge in [-0.3, -0.25) is 14.9 Å². The van der Waals surface area contributed by atoms with Crippen LogP contribution in [0, 0.1) is 10.1 Å². The first-order valence-corrected chi connectivity index (χ1v) is 5.49. The number of hydrogen-bond acceptors (Lipinski definition) is 6. The first kappa shape index (κ1) is 15.3. The van der Waals surface area contributed by atoms with Crippen LogP contribution in [0.1, 0.15) is 16.8 Å². The van der Waals surface area contributed by atoms with Crippen molar-refractivity contribution in [2.75, 3.05) is 20.8 Å². The second-order valence-corrected chi connectivity index (χ2v) is 3.61. The SMILES string of the molecule is COc1cc(C(=O)CCN=[N+]=[N-])c([N+](=O)[O-])cc1OC. The Hall–Kier alpha value is -2.80. The van der Waals surface area contributed by atoms with Crippen LogP contribution in [0.2, 0.25) is 0 Å². The summed E-state index contributed by atoms with van der Waals surface area (Å²) < 4.78 is 9.96. The standard InChI is InChI=1S/C11H12N4O5/c1-19-10-5-7(9(16)3-4-13-14-12)8(15(17)18)6-11(10)20-2/h5-6H,3-4H2,1-2H3. The molecule has 0 bridgehead atoms. The molecule has 0 atom stereocenters. The Morgan fingerprint density at radius 1 is 1.40 bits per heavy atom. The molecule has 0 aliphatic heterocycles. The predicted octanol–water partition coefficient (Wildman–Crippen LogP) is 2.50. The molecule has 0 amide bonds. The number of benzene rings is 1. The van der Waals surface area contributed by atoms with E-state index in [4.69, 9.17) is 15.0 Å². The zero-order valence-electron chi connectivity index (χ0n) is 10.9. The number of nitro groups is 1. The minimum absolute atomic E-state index is 0.0686. The van der Waals surface area contributed by atoms with E-state index in [1.807, 2.05) is 0 Å². The lowest BCUT2D eigenvalue weighted by Gasteiger charge is -2.09. The molecule has 1 aromatic carbocycles. The Balaban J connectivity index is 3.24. The average molecular weight is 280 g/mol. The summed E-state index contributed by atoms with van der Waals surface area (Å²) in [5.74, 6) is -0.138. The van der Waals surface area contributed by atoms with Crippen LogP contribution < -0.4 is 9.47 Å². The van der Waals surface area contributed by atoms with Crippen molar-refractivity contribution >= 4 is 11.5 Å². The molecule has 0 saturated carbocycles. The maximum Gasteiger partial charge on any atom is 0.284 e. The van der Waals surface area contributed by atoms with Crippen LogP contribution in [0.3, 0.4) is 0 Å². The lowest BCUT2D eigenvalue weighted by molar-refractivity contribution is -0.385. The van der Waals surface area contributed by atoms with Crippen molar-refractivity contribution in [2.24, 2.45) is 5.11 Å². The zero-order valence-corrected chi connectivity index (χ0v) is 10.9. The minimum Gasteiger partial charge on any atom is -0.493 e. The van der Waals surface area contributed by atoms with Crippen molar-refractivity contribution in [2.45, 2.75) is 6.42 Å². The third-order valence-electron chi connectivity index (χ3n) is 2.50. The summed E-state index contributed by atoms with van der Waals surface area (Å²) >= 11 is 0. The summed E-state index contributed by atoms with van der Waals surface area (Å²) in [6.45, 7) is -0.0686. The molecule has 1 rings (SSSR count). The highest BCUT2D eigenvalue weighted by atomic mass is 16.6. The van der Waals surface area contributed by atoms with E-state index >= 15 is 0 Å². The van der Waals surface area contributed by atoms with Gasteiger partial charge in [-0.1, -0.05) is 5.11 Å². The number of hydrogen-bond donors (Lipinski definition) is 0. The number of nitrogens with zero attached hydrogens (tertiary/aromatic N) is 4. The third kappa shape index (κ3) is 3.36. The van der Waals surface area contributed by atoms with Crippen molar-refractivity contribution in [3.05, 3.63) is 38.3 Å². The molecule has 20 heavy (non-hydrogen) atoms. The second kappa shape index (κ2) is 6.95. The molecule has 0 N–H and O–H groups in total. The number of rotatable bonds is 7. The Kier molecular flexibility index (Phi) is 5.31. The van der Waals surface area contributed by atoms with Gasteiger partial charge in [0.25, 0.3) is 5.69 Å². The third-order valence-corrected chi connectivity index (χ3v) is 2.50. The predicted molar refractivity (Wildman–Crippen MR) is 69.2 cm³/mol. The van der Waals surface area contributed by atoms with Crippen LogP contribution in [0.15, 0.2) is 17.2 Å². The number of Topliss-reactive ketones (excluding diaryl/α,β-unsaturated/α-hetero) is 1. The number of azide groups is 1. The lowest BCUT2D eigenvalue weighted by atomic mass is 10.1. The highest BCUT2D eigenvalue weighted by Crippen LogP contribution is 2.34. The van der Waals surface area contributed by atoms with E-state index in [2.05, 4.69) is 10.0 Å². The van der Waals surface area contributed by atoms with Gasteiger partial charge in [0.15, 0.2) is 17.3 Å². The van der Waals surface area contributed by atoms with E-state index in [-0.39, 0.29) is 35.7 Å². The molecule has 1 aromatic rings. The van der Waals surface area contributed by atoms with Gasteiger partial charge in [-0.2, -0.15) is 0 Å². The van der Waals surface area contributed by atoms with Crippen LogP contribution in [0.25, 0.3) is 10.4 Å². The van der Waals surface area contributed by atoms with Crippen molar-refractivity contribution in [3.63, 3.8) is 0 Å². The van der Waals surface area contributed by atoms with Crippen LogP contribution in [0.5, 0.6) is 11.5 Å². The molecule has 0 aliphatic carbocycles. The number of ketones is 1. The van der Waals surface area contributed by atoms with Crippen molar-refractivity contribution in [3.8, 4) is 11.5 Å².